The third-order valence-electron chi connectivity index (χ3n) is 10.9. The van der Waals surface area contributed by atoms with Gasteiger partial charge in [0.05, 0.1) is 0 Å². The zero-order valence-electron chi connectivity index (χ0n) is 28.6. The van der Waals surface area contributed by atoms with Crippen molar-refractivity contribution in [1.82, 2.24) is 0 Å². The minimum atomic E-state index is -2.04. The first kappa shape index (κ1) is 29.7. The van der Waals surface area contributed by atoms with E-state index in [2.05, 4.69) is 194 Å². The van der Waals surface area contributed by atoms with Crippen LogP contribution >= 0.6 is 0 Å². The molecule has 3 heteroatoms. The lowest BCUT2D eigenvalue weighted by Crippen LogP contribution is -2.49. The third-order valence-corrected chi connectivity index (χ3v) is 14.4. The van der Waals surface area contributed by atoms with E-state index in [0.717, 1.165) is 22.5 Å². The van der Waals surface area contributed by atoms with Crippen molar-refractivity contribution in [3.63, 3.8) is 0 Å². The summed E-state index contributed by atoms with van der Waals surface area (Å²) in [4.78, 5) is 2.41. The van der Waals surface area contributed by atoms with Gasteiger partial charge >= 0.3 is 0 Å². The molecule has 242 valence electrons. The van der Waals surface area contributed by atoms with Gasteiger partial charge in [-0.05, 0) is 109 Å². The smallest absolute Gasteiger partial charge is 0.136 e. The van der Waals surface area contributed by atoms with Gasteiger partial charge < -0.3 is 9.32 Å². The van der Waals surface area contributed by atoms with Crippen molar-refractivity contribution < 1.29 is 4.42 Å². The first-order chi connectivity index (χ1) is 25.0. The highest BCUT2D eigenvalue weighted by Crippen LogP contribution is 2.43. The van der Waals surface area contributed by atoms with E-state index < -0.39 is 8.07 Å². The zero-order chi connectivity index (χ0) is 34.1. The molecule has 0 atom stereocenters. The van der Waals surface area contributed by atoms with E-state index in [1.165, 1.54) is 71.0 Å². The minimum Gasteiger partial charge on any atom is -0.456 e. The van der Waals surface area contributed by atoms with Gasteiger partial charge in [-0.2, -0.15) is 0 Å². The van der Waals surface area contributed by atoms with Crippen LogP contribution in [0.4, 0.5) is 17.1 Å². The normalized spacial score (nSPS) is 13.1. The number of benzene rings is 8. The predicted octanol–water partition coefficient (Wildman–Crippen LogP) is 12.3. The fourth-order valence-electron chi connectivity index (χ4n) is 8.22. The molecule has 0 unspecified atom stereocenters. The molecule has 0 aliphatic carbocycles. The van der Waals surface area contributed by atoms with Crippen LogP contribution in [0.3, 0.4) is 0 Å². The van der Waals surface area contributed by atoms with E-state index in [1.54, 1.807) is 0 Å². The van der Waals surface area contributed by atoms with Crippen LogP contribution in [0.25, 0.3) is 66.1 Å². The first-order valence-electron chi connectivity index (χ1n) is 17.7. The Kier molecular flexibility index (Phi) is 6.67. The molecule has 1 aliphatic rings. The molecule has 0 fully saturated rings. The van der Waals surface area contributed by atoms with Crippen LogP contribution < -0.4 is 15.3 Å². The van der Waals surface area contributed by atoms with Gasteiger partial charge in [-0.3, -0.25) is 0 Å². The lowest BCUT2D eigenvalue weighted by Gasteiger charge is -2.28. The van der Waals surface area contributed by atoms with Gasteiger partial charge in [-0.15, -0.1) is 0 Å². The van der Waals surface area contributed by atoms with E-state index in [0.29, 0.717) is 0 Å². The monoisotopic (exact) mass is 669 g/mol. The van der Waals surface area contributed by atoms with E-state index in [9.17, 15) is 0 Å². The summed E-state index contributed by atoms with van der Waals surface area (Å²) in [5.41, 5.74) is 12.9. The Bertz CT molecular complexity index is 2760. The Balaban J connectivity index is 1.11. The molecule has 1 aromatic heterocycles. The highest BCUT2D eigenvalue weighted by Gasteiger charge is 2.39. The number of rotatable bonds is 5. The molecule has 0 bridgehead atoms. The average Bonchev–Trinajstić information content (AvgIpc) is 3.67. The van der Waals surface area contributed by atoms with E-state index in [4.69, 9.17) is 4.42 Å². The van der Waals surface area contributed by atoms with Crippen LogP contribution in [-0.4, -0.2) is 8.07 Å². The first-order valence-corrected chi connectivity index (χ1v) is 20.7. The summed E-state index contributed by atoms with van der Waals surface area (Å²) in [5, 5.41) is 7.89. The number of para-hydroxylation sites is 1. The van der Waals surface area contributed by atoms with E-state index >= 15 is 0 Å². The Hall–Kier alpha value is -6.16. The Morgan fingerprint density at radius 1 is 0.431 bits per heavy atom. The molecule has 2 heterocycles. The lowest BCUT2D eigenvalue weighted by atomic mass is 9.98. The molecule has 0 radical (unpaired) electrons. The molecule has 0 saturated heterocycles. The fourth-order valence-corrected chi connectivity index (χ4v) is 11.3. The minimum absolute atomic E-state index is 0.947. The molecule has 0 N–H and O–H groups in total. The van der Waals surface area contributed by atoms with Gasteiger partial charge in [-0.25, -0.2) is 0 Å². The summed E-state index contributed by atoms with van der Waals surface area (Å²) >= 11 is 0. The number of hydrogen-bond donors (Lipinski definition) is 0. The van der Waals surface area contributed by atoms with Gasteiger partial charge in [0.25, 0.3) is 0 Å². The van der Waals surface area contributed by atoms with Crippen molar-refractivity contribution in [3.8, 4) is 33.4 Å². The van der Waals surface area contributed by atoms with Crippen molar-refractivity contribution in [2.24, 2.45) is 0 Å². The fraction of sp³-hybridized carbons (Fsp3) is 0.0417. The number of anilines is 3. The largest absolute Gasteiger partial charge is 0.456 e. The standard InChI is InChI=1S/C48H35NOSi/c1-51(2)45-29-28-44-47(41-14-8-9-15-43(41)50-44)48(45)42-27-26-40(31-46(42)51)49(38-22-18-34(19-23-38)32-10-4-3-5-11-32)39-24-20-35(21-25-39)37-17-16-33-12-6-7-13-36(33)30-37/h3-31H,1-2H3. The Morgan fingerprint density at radius 3 is 1.80 bits per heavy atom. The molecular weight excluding hydrogens is 635 g/mol. The maximum Gasteiger partial charge on any atom is 0.136 e. The van der Waals surface area contributed by atoms with Gasteiger partial charge in [0.1, 0.15) is 19.2 Å². The summed E-state index contributed by atoms with van der Waals surface area (Å²) in [5.74, 6) is 0. The topological polar surface area (TPSA) is 16.4 Å². The maximum absolute atomic E-state index is 6.35. The van der Waals surface area contributed by atoms with Gasteiger partial charge in [0.15, 0.2) is 0 Å². The summed E-state index contributed by atoms with van der Waals surface area (Å²) in [6, 6.07) is 64.0. The van der Waals surface area contributed by atoms with Crippen molar-refractivity contribution in [3.05, 3.63) is 176 Å². The van der Waals surface area contributed by atoms with E-state index in [-0.39, 0.29) is 0 Å². The summed E-state index contributed by atoms with van der Waals surface area (Å²) < 4.78 is 6.35. The highest BCUT2D eigenvalue weighted by atomic mass is 28.3. The number of hydrogen-bond acceptors (Lipinski definition) is 2. The summed E-state index contributed by atoms with van der Waals surface area (Å²) in [6.07, 6.45) is 0. The number of furan rings is 1. The molecule has 51 heavy (non-hydrogen) atoms. The molecule has 1 aliphatic heterocycles. The molecule has 8 aromatic carbocycles. The Morgan fingerprint density at radius 2 is 1.04 bits per heavy atom. The molecular formula is C48H35NOSi. The van der Waals surface area contributed by atoms with Crippen molar-refractivity contribution in [2.75, 3.05) is 4.90 Å². The van der Waals surface area contributed by atoms with Crippen LogP contribution in [0, 0.1) is 0 Å². The molecule has 0 saturated carbocycles. The van der Waals surface area contributed by atoms with Crippen LogP contribution in [0.1, 0.15) is 0 Å². The van der Waals surface area contributed by atoms with Crippen LogP contribution in [0.5, 0.6) is 0 Å². The quantitative estimate of drug-likeness (QED) is 0.170. The van der Waals surface area contributed by atoms with Crippen LogP contribution in [-0.2, 0) is 0 Å². The average molecular weight is 670 g/mol. The molecule has 10 rings (SSSR count). The zero-order valence-corrected chi connectivity index (χ0v) is 29.6. The van der Waals surface area contributed by atoms with Gasteiger partial charge in [0.2, 0.25) is 0 Å². The maximum atomic E-state index is 6.35. The van der Waals surface area contributed by atoms with Crippen molar-refractivity contribution >= 4 is 68.2 Å². The summed E-state index contributed by atoms with van der Waals surface area (Å²) in [7, 11) is -2.04. The highest BCUT2D eigenvalue weighted by molar-refractivity contribution is 7.04. The SMILES string of the molecule is C[Si]1(C)c2cc(N(c3ccc(-c4ccccc4)cc3)c3ccc(-c4ccc5ccccc5c4)cc3)ccc2-c2c1ccc1oc3ccccc3c21. The Labute approximate surface area is 298 Å². The van der Waals surface area contributed by atoms with Gasteiger partial charge in [0, 0.05) is 27.8 Å². The second kappa shape index (κ2) is 11.4. The van der Waals surface area contributed by atoms with Gasteiger partial charge in [-0.1, -0.05) is 134 Å². The second-order valence-electron chi connectivity index (χ2n) is 14.2. The number of nitrogens with zero attached hydrogens (tertiary/aromatic N) is 1. The van der Waals surface area contributed by atoms with Crippen molar-refractivity contribution in [1.29, 1.82) is 0 Å². The predicted molar refractivity (Wildman–Crippen MR) is 219 cm³/mol. The second-order valence-corrected chi connectivity index (χ2v) is 18.5. The van der Waals surface area contributed by atoms with E-state index in [1.807, 2.05) is 0 Å². The molecule has 0 amide bonds. The number of fused-ring (bicyclic) bond motifs is 8. The van der Waals surface area contributed by atoms with Crippen molar-refractivity contribution in [2.45, 2.75) is 13.1 Å². The third kappa shape index (κ3) is 4.77. The summed E-state index contributed by atoms with van der Waals surface area (Å²) in [6.45, 7) is 4.99. The molecule has 0 spiro atoms. The van der Waals surface area contributed by atoms with Crippen LogP contribution in [0.15, 0.2) is 180 Å². The molecule has 9 aromatic rings. The van der Waals surface area contributed by atoms with Crippen LogP contribution in [0.2, 0.25) is 13.1 Å². The lowest BCUT2D eigenvalue weighted by molar-refractivity contribution is 0.669. The molecule has 2 nitrogen and oxygen atoms in total.